The molecule has 144 valence electrons. The van der Waals surface area contributed by atoms with Gasteiger partial charge in [-0.05, 0) is 80.1 Å². The summed E-state index contributed by atoms with van der Waals surface area (Å²) >= 11 is 0. The van der Waals surface area contributed by atoms with Gasteiger partial charge in [0.2, 0.25) is 10.0 Å². The molecule has 0 spiro atoms. The van der Waals surface area contributed by atoms with Crippen molar-refractivity contribution in [2.75, 3.05) is 18.4 Å². The van der Waals surface area contributed by atoms with E-state index in [2.05, 4.69) is 12.2 Å². The van der Waals surface area contributed by atoms with Gasteiger partial charge in [-0.15, -0.1) is 0 Å². The first kappa shape index (κ1) is 19.6. The summed E-state index contributed by atoms with van der Waals surface area (Å²) in [4.78, 5) is 12.7. The van der Waals surface area contributed by atoms with Gasteiger partial charge in [0.25, 0.3) is 5.91 Å². The number of amides is 1. The van der Waals surface area contributed by atoms with E-state index >= 15 is 0 Å². The predicted octanol–water partition coefficient (Wildman–Crippen LogP) is 3.98. The second-order valence-corrected chi connectivity index (χ2v) is 9.40. The maximum absolute atomic E-state index is 12.8. The Balaban J connectivity index is 1.75. The van der Waals surface area contributed by atoms with Gasteiger partial charge in [-0.2, -0.15) is 4.31 Å². The smallest absolute Gasteiger partial charge is 0.255 e. The van der Waals surface area contributed by atoms with Crippen LogP contribution in [-0.4, -0.2) is 31.7 Å². The number of rotatable bonds is 4. The first-order valence-corrected chi connectivity index (χ1v) is 10.7. The van der Waals surface area contributed by atoms with Crippen LogP contribution in [0.2, 0.25) is 0 Å². The number of piperidine rings is 1. The summed E-state index contributed by atoms with van der Waals surface area (Å²) in [5.41, 5.74) is 3.31. The van der Waals surface area contributed by atoms with Crippen molar-refractivity contribution in [3.05, 3.63) is 59.2 Å². The second kappa shape index (κ2) is 7.82. The lowest BCUT2D eigenvalue weighted by Crippen LogP contribution is -2.39. The van der Waals surface area contributed by atoms with E-state index < -0.39 is 10.0 Å². The third-order valence-electron chi connectivity index (χ3n) is 4.85. The van der Waals surface area contributed by atoms with Crippen molar-refractivity contribution in [2.45, 2.75) is 38.5 Å². The van der Waals surface area contributed by atoms with Gasteiger partial charge in [-0.3, -0.25) is 4.79 Å². The summed E-state index contributed by atoms with van der Waals surface area (Å²) in [7, 11) is -3.51. The van der Waals surface area contributed by atoms with Gasteiger partial charge < -0.3 is 5.32 Å². The second-order valence-electron chi connectivity index (χ2n) is 7.47. The summed E-state index contributed by atoms with van der Waals surface area (Å²) < 4.78 is 27.2. The van der Waals surface area contributed by atoms with Crippen LogP contribution in [0.3, 0.4) is 0 Å². The summed E-state index contributed by atoms with van der Waals surface area (Å²) in [5, 5.41) is 2.87. The van der Waals surface area contributed by atoms with E-state index in [0.717, 1.165) is 29.7 Å². The minimum Gasteiger partial charge on any atom is -0.322 e. The van der Waals surface area contributed by atoms with Crippen LogP contribution in [-0.2, 0) is 10.0 Å². The van der Waals surface area contributed by atoms with Crippen LogP contribution < -0.4 is 5.32 Å². The Kier molecular flexibility index (Phi) is 5.67. The molecule has 0 aliphatic carbocycles. The summed E-state index contributed by atoms with van der Waals surface area (Å²) in [5.74, 6) is 0.118. The van der Waals surface area contributed by atoms with E-state index in [1.165, 1.54) is 12.1 Å². The molecule has 1 amide bonds. The van der Waals surface area contributed by atoms with Crippen LogP contribution in [0, 0.1) is 19.8 Å². The van der Waals surface area contributed by atoms with Crippen molar-refractivity contribution in [3.8, 4) is 0 Å². The van der Waals surface area contributed by atoms with E-state index in [0.29, 0.717) is 24.6 Å². The van der Waals surface area contributed by atoms with Crippen LogP contribution in [0.4, 0.5) is 5.69 Å². The molecule has 5 nitrogen and oxygen atoms in total. The Morgan fingerprint density at radius 2 is 1.70 bits per heavy atom. The van der Waals surface area contributed by atoms with Crippen LogP contribution in [0.1, 0.15) is 41.3 Å². The van der Waals surface area contributed by atoms with E-state index in [1.807, 2.05) is 32.0 Å². The molecule has 1 N–H and O–H groups in total. The first-order chi connectivity index (χ1) is 12.8. The zero-order chi connectivity index (χ0) is 19.6. The summed E-state index contributed by atoms with van der Waals surface area (Å²) in [6, 6.07) is 12.0. The number of anilines is 1. The van der Waals surface area contributed by atoms with E-state index in [1.54, 1.807) is 16.4 Å². The average Bonchev–Trinajstić information content (AvgIpc) is 2.61. The Morgan fingerprint density at radius 1 is 1.07 bits per heavy atom. The van der Waals surface area contributed by atoms with Gasteiger partial charge in [0, 0.05) is 24.3 Å². The molecule has 1 heterocycles. The zero-order valence-electron chi connectivity index (χ0n) is 16.0. The van der Waals surface area contributed by atoms with Gasteiger partial charge in [0.05, 0.1) is 4.90 Å². The molecule has 1 atom stereocenters. The fourth-order valence-electron chi connectivity index (χ4n) is 3.54. The van der Waals surface area contributed by atoms with Gasteiger partial charge in [-0.25, -0.2) is 8.42 Å². The van der Waals surface area contributed by atoms with Crippen molar-refractivity contribution >= 4 is 21.6 Å². The lowest BCUT2D eigenvalue weighted by atomic mass is 10.0. The Hall–Kier alpha value is -2.18. The van der Waals surface area contributed by atoms with Gasteiger partial charge in [0.15, 0.2) is 0 Å². The maximum Gasteiger partial charge on any atom is 0.255 e. The molecule has 0 radical (unpaired) electrons. The number of carbonyl (C=O) groups is 1. The fourth-order valence-corrected chi connectivity index (χ4v) is 5.14. The number of benzene rings is 2. The molecule has 2 aromatic rings. The van der Waals surface area contributed by atoms with Crippen LogP contribution in [0.15, 0.2) is 47.4 Å². The first-order valence-electron chi connectivity index (χ1n) is 9.25. The molecule has 0 bridgehead atoms. The molecule has 2 aromatic carbocycles. The SMILES string of the molecule is Cc1cc(C)cc(NC(=O)c2ccc(S(=O)(=O)N3CCC[C@@H](C)C3)cc2)c1. The molecule has 0 saturated carbocycles. The van der Waals surface area contributed by atoms with Gasteiger partial charge in [-0.1, -0.05) is 13.0 Å². The summed E-state index contributed by atoms with van der Waals surface area (Å²) in [6.45, 7) is 7.13. The number of hydrogen-bond donors (Lipinski definition) is 1. The molecule has 1 aliphatic heterocycles. The Morgan fingerprint density at radius 3 is 2.30 bits per heavy atom. The van der Waals surface area contributed by atoms with E-state index in [9.17, 15) is 13.2 Å². The number of sulfonamides is 1. The van der Waals surface area contributed by atoms with Crippen molar-refractivity contribution in [3.63, 3.8) is 0 Å². The molecule has 1 aliphatic rings. The Bertz CT molecular complexity index is 916. The maximum atomic E-state index is 12.8. The average molecular weight is 387 g/mol. The van der Waals surface area contributed by atoms with Gasteiger partial charge >= 0.3 is 0 Å². The van der Waals surface area contributed by atoms with Crippen molar-refractivity contribution in [1.29, 1.82) is 0 Å². The predicted molar refractivity (Wildman–Crippen MR) is 107 cm³/mol. The molecular weight excluding hydrogens is 360 g/mol. The largest absolute Gasteiger partial charge is 0.322 e. The highest BCUT2D eigenvalue weighted by molar-refractivity contribution is 7.89. The van der Waals surface area contributed by atoms with Crippen LogP contribution >= 0.6 is 0 Å². The zero-order valence-corrected chi connectivity index (χ0v) is 16.8. The highest BCUT2D eigenvalue weighted by Gasteiger charge is 2.28. The van der Waals surface area contributed by atoms with Crippen LogP contribution in [0.25, 0.3) is 0 Å². The fraction of sp³-hybridized carbons (Fsp3) is 0.381. The highest BCUT2D eigenvalue weighted by Crippen LogP contribution is 2.24. The number of carbonyl (C=O) groups excluding carboxylic acids is 1. The molecule has 1 fully saturated rings. The minimum atomic E-state index is -3.51. The lowest BCUT2D eigenvalue weighted by molar-refractivity contribution is 0.102. The summed E-state index contributed by atoms with van der Waals surface area (Å²) in [6.07, 6.45) is 1.94. The van der Waals surface area contributed by atoms with Gasteiger partial charge in [0.1, 0.15) is 0 Å². The topological polar surface area (TPSA) is 66.5 Å². The van der Waals surface area contributed by atoms with E-state index in [4.69, 9.17) is 0 Å². The molecule has 6 heteroatoms. The monoisotopic (exact) mass is 386 g/mol. The number of nitrogens with one attached hydrogen (secondary N) is 1. The minimum absolute atomic E-state index is 0.236. The Labute approximate surface area is 161 Å². The van der Waals surface area contributed by atoms with Crippen molar-refractivity contribution < 1.29 is 13.2 Å². The number of hydrogen-bond acceptors (Lipinski definition) is 3. The van der Waals surface area contributed by atoms with E-state index in [-0.39, 0.29) is 10.8 Å². The third-order valence-corrected chi connectivity index (χ3v) is 6.73. The molecule has 3 rings (SSSR count). The van der Waals surface area contributed by atoms with Crippen molar-refractivity contribution in [1.82, 2.24) is 4.31 Å². The molecular formula is C21H26N2O3S. The molecule has 0 aromatic heterocycles. The lowest BCUT2D eigenvalue weighted by Gasteiger charge is -2.30. The highest BCUT2D eigenvalue weighted by atomic mass is 32.2. The standard InChI is InChI=1S/C21H26N2O3S/c1-15-5-4-10-23(14-15)27(25,26)20-8-6-18(7-9-20)21(24)22-19-12-16(2)11-17(3)13-19/h6-9,11-13,15H,4-5,10,14H2,1-3H3,(H,22,24)/t15-/m1/s1. The molecule has 0 unspecified atom stereocenters. The quantitative estimate of drug-likeness (QED) is 0.864. The molecule has 27 heavy (non-hydrogen) atoms. The number of nitrogens with zero attached hydrogens (tertiary/aromatic N) is 1. The molecule has 1 saturated heterocycles. The normalized spacial score (nSPS) is 18.3. The van der Waals surface area contributed by atoms with Crippen molar-refractivity contribution in [2.24, 2.45) is 5.92 Å². The van der Waals surface area contributed by atoms with Crippen LogP contribution in [0.5, 0.6) is 0 Å². The third kappa shape index (κ3) is 4.57. The number of aryl methyl sites for hydroxylation is 2.